The highest BCUT2D eigenvalue weighted by Gasteiger charge is 2.00. The first-order chi connectivity index (χ1) is 10.2. The fourth-order valence-corrected chi connectivity index (χ4v) is 2.13. The van der Waals surface area contributed by atoms with Crippen LogP contribution in [0.3, 0.4) is 0 Å². The lowest BCUT2D eigenvalue weighted by atomic mass is 10.1. The number of hydrogen-bond acceptors (Lipinski definition) is 3. The molecule has 0 atom stereocenters. The van der Waals surface area contributed by atoms with Gasteiger partial charge in [0.2, 0.25) is 0 Å². The van der Waals surface area contributed by atoms with Gasteiger partial charge in [0.15, 0.2) is 0 Å². The highest BCUT2D eigenvalue weighted by molar-refractivity contribution is 5.49. The van der Waals surface area contributed by atoms with E-state index in [1.54, 1.807) is 7.11 Å². The fourth-order valence-electron chi connectivity index (χ4n) is 2.13. The minimum absolute atomic E-state index is 0.566. The molecule has 1 N–H and O–H groups in total. The third-order valence-electron chi connectivity index (χ3n) is 3.38. The topological polar surface area (TPSA) is 30.5 Å². The van der Waals surface area contributed by atoms with Gasteiger partial charge in [0, 0.05) is 25.4 Å². The van der Waals surface area contributed by atoms with Gasteiger partial charge in [-0.25, -0.2) is 0 Å². The number of benzene rings is 2. The Hall–Kier alpha value is -2.00. The number of anilines is 1. The Labute approximate surface area is 126 Å². The second kappa shape index (κ2) is 7.70. The molecule has 0 amide bonds. The summed E-state index contributed by atoms with van der Waals surface area (Å²) in [5.74, 6) is 0.859. The standard InChI is InChI=1S/C18H23NO2/c1-14-7-8-15(2)16(11-14)13-19-17-5-4-6-18(12-17)21-10-9-20-3/h4-8,11-12,19H,9-10,13H2,1-3H3. The summed E-state index contributed by atoms with van der Waals surface area (Å²) in [5.41, 5.74) is 4.97. The molecule has 21 heavy (non-hydrogen) atoms. The van der Waals surface area contributed by atoms with Crippen LogP contribution in [0.4, 0.5) is 5.69 Å². The zero-order valence-corrected chi connectivity index (χ0v) is 13.0. The van der Waals surface area contributed by atoms with Crippen molar-refractivity contribution in [3.63, 3.8) is 0 Å². The zero-order valence-electron chi connectivity index (χ0n) is 13.0. The van der Waals surface area contributed by atoms with Gasteiger partial charge in [0.25, 0.3) is 0 Å². The summed E-state index contributed by atoms with van der Waals surface area (Å²) in [6.07, 6.45) is 0. The van der Waals surface area contributed by atoms with Crippen LogP contribution in [0.2, 0.25) is 0 Å². The van der Waals surface area contributed by atoms with E-state index in [9.17, 15) is 0 Å². The van der Waals surface area contributed by atoms with E-state index in [0.29, 0.717) is 13.2 Å². The summed E-state index contributed by atoms with van der Waals surface area (Å²) in [4.78, 5) is 0. The Balaban J connectivity index is 1.96. The van der Waals surface area contributed by atoms with Crippen molar-refractivity contribution in [1.82, 2.24) is 0 Å². The fraction of sp³-hybridized carbons (Fsp3) is 0.333. The van der Waals surface area contributed by atoms with Gasteiger partial charge in [-0.2, -0.15) is 0 Å². The SMILES string of the molecule is COCCOc1cccc(NCc2cc(C)ccc2C)c1. The average Bonchev–Trinajstić information content (AvgIpc) is 2.49. The monoisotopic (exact) mass is 285 g/mol. The van der Waals surface area contributed by atoms with E-state index in [4.69, 9.17) is 9.47 Å². The summed E-state index contributed by atoms with van der Waals surface area (Å²) in [7, 11) is 1.67. The van der Waals surface area contributed by atoms with E-state index in [0.717, 1.165) is 18.0 Å². The third kappa shape index (κ3) is 4.80. The lowest BCUT2D eigenvalue weighted by Gasteiger charge is -2.12. The smallest absolute Gasteiger partial charge is 0.121 e. The van der Waals surface area contributed by atoms with Gasteiger partial charge >= 0.3 is 0 Å². The van der Waals surface area contributed by atoms with Crippen molar-refractivity contribution in [3.8, 4) is 5.75 Å². The molecule has 0 aromatic heterocycles. The number of rotatable bonds is 7. The maximum atomic E-state index is 5.62. The largest absolute Gasteiger partial charge is 0.491 e. The number of aryl methyl sites for hydroxylation is 2. The van der Waals surface area contributed by atoms with E-state index in [-0.39, 0.29) is 0 Å². The maximum Gasteiger partial charge on any atom is 0.121 e. The van der Waals surface area contributed by atoms with Crippen molar-refractivity contribution in [1.29, 1.82) is 0 Å². The van der Waals surface area contributed by atoms with Gasteiger partial charge in [-0.3, -0.25) is 0 Å². The molecule has 0 aliphatic carbocycles. The number of nitrogens with one attached hydrogen (secondary N) is 1. The maximum absolute atomic E-state index is 5.62. The third-order valence-corrected chi connectivity index (χ3v) is 3.38. The first-order valence-corrected chi connectivity index (χ1v) is 7.21. The van der Waals surface area contributed by atoms with Crippen LogP contribution < -0.4 is 10.1 Å². The minimum atomic E-state index is 0.566. The molecule has 0 bridgehead atoms. The number of hydrogen-bond donors (Lipinski definition) is 1. The van der Waals surface area contributed by atoms with Gasteiger partial charge in [0.05, 0.1) is 6.61 Å². The first kappa shape index (κ1) is 15.4. The molecule has 0 aliphatic rings. The van der Waals surface area contributed by atoms with Crippen LogP contribution in [0, 0.1) is 13.8 Å². The molecule has 2 aromatic rings. The van der Waals surface area contributed by atoms with Crippen LogP contribution in [0.1, 0.15) is 16.7 Å². The molecule has 0 saturated carbocycles. The van der Waals surface area contributed by atoms with Crippen LogP contribution in [0.25, 0.3) is 0 Å². The predicted molar refractivity (Wildman–Crippen MR) is 87.1 cm³/mol. The van der Waals surface area contributed by atoms with E-state index < -0.39 is 0 Å². The Morgan fingerprint density at radius 3 is 2.67 bits per heavy atom. The van der Waals surface area contributed by atoms with Crippen LogP contribution in [-0.2, 0) is 11.3 Å². The molecule has 112 valence electrons. The van der Waals surface area contributed by atoms with Gasteiger partial charge in [-0.05, 0) is 37.1 Å². The van der Waals surface area contributed by atoms with Crippen LogP contribution >= 0.6 is 0 Å². The van der Waals surface area contributed by atoms with E-state index in [1.165, 1.54) is 16.7 Å². The van der Waals surface area contributed by atoms with E-state index >= 15 is 0 Å². The van der Waals surface area contributed by atoms with Crippen LogP contribution in [0.5, 0.6) is 5.75 Å². The van der Waals surface area contributed by atoms with Crippen molar-refractivity contribution in [2.24, 2.45) is 0 Å². The van der Waals surface area contributed by atoms with Crippen LogP contribution in [0.15, 0.2) is 42.5 Å². The molecule has 0 aliphatic heterocycles. The second-order valence-electron chi connectivity index (χ2n) is 5.15. The molecule has 0 heterocycles. The quantitative estimate of drug-likeness (QED) is 0.782. The molecule has 3 heteroatoms. The summed E-state index contributed by atoms with van der Waals surface area (Å²) >= 11 is 0. The highest BCUT2D eigenvalue weighted by atomic mass is 16.5. The van der Waals surface area contributed by atoms with Crippen LogP contribution in [-0.4, -0.2) is 20.3 Å². The molecule has 3 nitrogen and oxygen atoms in total. The van der Waals surface area contributed by atoms with Gasteiger partial charge in [-0.15, -0.1) is 0 Å². The number of methoxy groups -OCH3 is 1. The average molecular weight is 285 g/mol. The Morgan fingerprint density at radius 2 is 1.86 bits per heavy atom. The molecular weight excluding hydrogens is 262 g/mol. The molecule has 0 spiro atoms. The Bertz CT molecular complexity index is 581. The lowest BCUT2D eigenvalue weighted by molar-refractivity contribution is 0.146. The summed E-state index contributed by atoms with van der Waals surface area (Å²) < 4.78 is 10.6. The van der Waals surface area contributed by atoms with E-state index in [2.05, 4.69) is 37.4 Å². The summed E-state index contributed by atoms with van der Waals surface area (Å²) in [6, 6.07) is 14.5. The molecule has 0 saturated heterocycles. The van der Waals surface area contributed by atoms with Gasteiger partial charge in [-0.1, -0.05) is 29.8 Å². The molecule has 2 rings (SSSR count). The Kier molecular flexibility index (Phi) is 5.64. The lowest BCUT2D eigenvalue weighted by Crippen LogP contribution is -2.05. The molecule has 0 unspecified atom stereocenters. The van der Waals surface area contributed by atoms with Gasteiger partial charge < -0.3 is 14.8 Å². The van der Waals surface area contributed by atoms with E-state index in [1.807, 2.05) is 24.3 Å². The summed E-state index contributed by atoms with van der Waals surface area (Å²) in [6.45, 7) is 6.24. The van der Waals surface area contributed by atoms with Crippen molar-refractivity contribution < 1.29 is 9.47 Å². The van der Waals surface area contributed by atoms with Crippen molar-refractivity contribution in [3.05, 3.63) is 59.2 Å². The van der Waals surface area contributed by atoms with Gasteiger partial charge in [0.1, 0.15) is 12.4 Å². The Morgan fingerprint density at radius 1 is 1.00 bits per heavy atom. The predicted octanol–water partition coefficient (Wildman–Crippen LogP) is 3.94. The summed E-state index contributed by atoms with van der Waals surface area (Å²) in [5, 5.41) is 3.45. The minimum Gasteiger partial charge on any atom is -0.491 e. The molecule has 2 aromatic carbocycles. The van der Waals surface area contributed by atoms with Crippen molar-refractivity contribution >= 4 is 5.69 Å². The molecule has 0 fully saturated rings. The van der Waals surface area contributed by atoms with Crippen molar-refractivity contribution in [2.45, 2.75) is 20.4 Å². The zero-order chi connectivity index (χ0) is 15.1. The first-order valence-electron chi connectivity index (χ1n) is 7.21. The molecule has 0 radical (unpaired) electrons. The normalized spacial score (nSPS) is 10.4. The highest BCUT2D eigenvalue weighted by Crippen LogP contribution is 2.19. The van der Waals surface area contributed by atoms with Crippen molar-refractivity contribution in [2.75, 3.05) is 25.6 Å². The molecular formula is C18H23NO2. The second-order valence-corrected chi connectivity index (χ2v) is 5.15. The number of ether oxygens (including phenoxy) is 2.